The molecule has 0 fully saturated rings. The van der Waals surface area contributed by atoms with Gasteiger partial charge in [-0.15, -0.1) is 0 Å². The SMILES string of the molecule is CC1(C)Oc2cc(C#Cc3c(F)cccc3C(F)(F)F)ccc2-c2nc(-c3c(Cl)cncc3Cl)[nH]c21. The Balaban J connectivity index is 1.58. The molecule has 0 unspecified atom stereocenters. The number of halogens is 6. The summed E-state index contributed by atoms with van der Waals surface area (Å²) in [7, 11) is 0. The third-order valence-electron chi connectivity index (χ3n) is 5.65. The Labute approximate surface area is 213 Å². The number of nitrogens with zero attached hydrogens (tertiary/aromatic N) is 2. The van der Waals surface area contributed by atoms with Gasteiger partial charge in [0.1, 0.15) is 23.0 Å². The lowest BCUT2D eigenvalue weighted by molar-refractivity contribution is -0.138. The molecule has 182 valence electrons. The van der Waals surface area contributed by atoms with Crippen molar-refractivity contribution in [3.8, 4) is 40.2 Å². The number of aromatic nitrogens is 3. The Hall–Kier alpha value is -3.54. The maximum atomic E-state index is 14.2. The lowest BCUT2D eigenvalue weighted by atomic mass is 9.94. The Bertz CT molecular complexity index is 1560. The van der Waals surface area contributed by atoms with Crippen LogP contribution in [0.15, 0.2) is 48.8 Å². The van der Waals surface area contributed by atoms with E-state index in [9.17, 15) is 17.6 Å². The Kier molecular flexibility index (Phi) is 5.73. The van der Waals surface area contributed by atoms with Crippen LogP contribution in [0, 0.1) is 17.7 Å². The van der Waals surface area contributed by atoms with E-state index in [0.717, 1.165) is 18.2 Å². The maximum Gasteiger partial charge on any atom is 0.417 e. The summed E-state index contributed by atoms with van der Waals surface area (Å²) < 4.78 is 60.2. The number of hydrogen-bond acceptors (Lipinski definition) is 3. The summed E-state index contributed by atoms with van der Waals surface area (Å²) in [6.45, 7) is 3.67. The van der Waals surface area contributed by atoms with E-state index in [1.54, 1.807) is 18.2 Å². The first kappa shape index (κ1) is 24.2. The predicted octanol–water partition coefficient (Wildman–Crippen LogP) is 7.63. The van der Waals surface area contributed by atoms with Gasteiger partial charge in [-0.25, -0.2) is 9.37 Å². The molecule has 1 aliphatic rings. The van der Waals surface area contributed by atoms with Crippen molar-refractivity contribution >= 4 is 23.2 Å². The highest BCUT2D eigenvalue weighted by atomic mass is 35.5. The number of rotatable bonds is 1. The van der Waals surface area contributed by atoms with Crippen LogP contribution < -0.4 is 4.74 Å². The van der Waals surface area contributed by atoms with Gasteiger partial charge in [0.05, 0.1) is 38.1 Å². The number of alkyl halides is 3. The normalized spacial score (nSPS) is 13.8. The molecule has 10 heteroatoms. The highest BCUT2D eigenvalue weighted by molar-refractivity contribution is 6.38. The van der Waals surface area contributed by atoms with Crippen LogP contribution in [0.3, 0.4) is 0 Å². The third kappa shape index (κ3) is 4.19. The Morgan fingerprint density at radius 2 is 1.75 bits per heavy atom. The van der Waals surface area contributed by atoms with E-state index >= 15 is 0 Å². The number of nitrogens with one attached hydrogen (secondary N) is 1. The van der Waals surface area contributed by atoms with Crippen LogP contribution in [0.25, 0.3) is 22.6 Å². The second kappa shape index (κ2) is 8.54. The molecule has 5 rings (SSSR count). The summed E-state index contributed by atoms with van der Waals surface area (Å²) in [5.74, 6) is 4.77. The van der Waals surface area contributed by atoms with Crippen molar-refractivity contribution < 1.29 is 22.3 Å². The van der Waals surface area contributed by atoms with Crippen molar-refractivity contribution in [1.82, 2.24) is 15.0 Å². The van der Waals surface area contributed by atoms with Crippen molar-refractivity contribution in [2.45, 2.75) is 25.6 Å². The van der Waals surface area contributed by atoms with Crippen molar-refractivity contribution in [3.63, 3.8) is 0 Å². The summed E-state index contributed by atoms with van der Waals surface area (Å²) >= 11 is 12.6. The monoisotopic (exact) mass is 531 g/mol. The van der Waals surface area contributed by atoms with Gasteiger partial charge in [-0.1, -0.05) is 41.1 Å². The number of H-pyrrole nitrogens is 1. The topological polar surface area (TPSA) is 50.8 Å². The molecule has 1 N–H and O–H groups in total. The van der Waals surface area contributed by atoms with Gasteiger partial charge in [-0.3, -0.25) is 4.98 Å². The molecule has 0 bridgehead atoms. The van der Waals surface area contributed by atoms with Crippen molar-refractivity contribution in [2.24, 2.45) is 0 Å². The zero-order chi connectivity index (χ0) is 25.8. The first-order chi connectivity index (χ1) is 17.0. The van der Waals surface area contributed by atoms with E-state index in [1.165, 1.54) is 12.4 Å². The number of benzene rings is 2. The molecule has 2 aromatic heterocycles. The number of ether oxygens (including phenoxy) is 1. The highest BCUT2D eigenvalue weighted by Gasteiger charge is 2.37. The number of imidazole rings is 1. The molecular formula is C26H15Cl2F4N3O. The van der Waals surface area contributed by atoms with E-state index in [2.05, 4.69) is 21.8 Å². The fourth-order valence-corrected chi connectivity index (χ4v) is 4.53. The smallest absolute Gasteiger partial charge is 0.417 e. The van der Waals surface area contributed by atoms with E-state index in [1.807, 2.05) is 13.8 Å². The summed E-state index contributed by atoms with van der Waals surface area (Å²) in [5, 5.41) is 0.647. The molecular weight excluding hydrogens is 517 g/mol. The summed E-state index contributed by atoms with van der Waals surface area (Å²) in [4.78, 5) is 11.9. The molecule has 0 aliphatic carbocycles. The average Bonchev–Trinajstić information content (AvgIpc) is 3.23. The van der Waals surface area contributed by atoms with E-state index < -0.39 is 28.7 Å². The molecule has 0 saturated heterocycles. The van der Waals surface area contributed by atoms with Crippen molar-refractivity contribution in [1.29, 1.82) is 0 Å². The van der Waals surface area contributed by atoms with Gasteiger partial charge in [0, 0.05) is 23.5 Å². The first-order valence-electron chi connectivity index (χ1n) is 10.6. The number of pyridine rings is 1. The van der Waals surface area contributed by atoms with Gasteiger partial charge in [0.15, 0.2) is 0 Å². The van der Waals surface area contributed by atoms with Crippen LogP contribution in [0.5, 0.6) is 5.75 Å². The molecule has 1 aliphatic heterocycles. The van der Waals surface area contributed by atoms with Gasteiger partial charge < -0.3 is 9.72 Å². The second-order valence-electron chi connectivity index (χ2n) is 8.52. The van der Waals surface area contributed by atoms with Crippen LogP contribution in [-0.4, -0.2) is 15.0 Å². The minimum absolute atomic E-state index is 0.324. The second-order valence-corrected chi connectivity index (χ2v) is 9.34. The van der Waals surface area contributed by atoms with Gasteiger partial charge in [0.25, 0.3) is 0 Å². The summed E-state index contributed by atoms with van der Waals surface area (Å²) in [6, 6.07) is 7.62. The van der Waals surface area contributed by atoms with Crippen molar-refractivity contribution in [2.75, 3.05) is 0 Å². The molecule has 3 heterocycles. The zero-order valence-electron chi connectivity index (χ0n) is 18.7. The number of fused-ring (bicyclic) bond motifs is 3. The van der Waals surface area contributed by atoms with E-state index in [0.29, 0.717) is 49.7 Å². The van der Waals surface area contributed by atoms with Crippen LogP contribution in [0.4, 0.5) is 17.6 Å². The van der Waals surface area contributed by atoms with E-state index in [-0.39, 0.29) is 0 Å². The Morgan fingerprint density at radius 1 is 1.03 bits per heavy atom. The van der Waals surface area contributed by atoms with Gasteiger partial charge >= 0.3 is 6.18 Å². The fraction of sp³-hybridized carbons (Fsp3) is 0.154. The minimum Gasteiger partial charge on any atom is -0.481 e. The van der Waals surface area contributed by atoms with Gasteiger partial charge in [-0.05, 0) is 44.2 Å². The molecule has 36 heavy (non-hydrogen) atoms. The predicted molar refractivity (Wildman–Crippen MR) is 128 cm³/mol. The largest absolute Gasteiger partial charge is 0.481 e. The molecule has 0 amide bonds. The summed E-state index contributed by atoms with van der Waals surface area (Å²) in [6.07, 6.45) is -1.81. The highest BCUT2D eigenvalue weighted by Crippen LogP contribution is 2.46. The quantitative estimate of drug-likeness (QED) is 0.203. The Morgan fingerprint density at radius 3 is 2.44 bits per heavy atom. The molecule has 0 radical (unpaired) electrons. The van der Waals surface area contributed by atoms with Gasteiger partial charge in [-0.2, -0.15) is 13.2 Å². The van der Waals surface area contributed by atoms with Crippen LogP contribution in [0.1, 0.15) is 36.2 Å². The van der Waals surface area contributed by atoms with Crippen LogP contribution in [0.2, 0.25) is 10.0 Å². The zero-order valence-corrected chi connectivity index (χ0v) is 20.2. The van der Waals surface area contributed by atoms with Crippen LogP contribution >= 0.6 is 23.2 Å². The number of aromatic amines is 1. The number of hydrogen-bond donors (Lipinski definition) is 1. The molecule has 4 nitrogen and oxygen atoms in total. The molecule has 0 saturated carbocycles. The lowest BCUT2D eigenvalue weighted by Crippen LogP contribution is -2.29. The molecule has 2 aromatic carbocycles. The standard InChI is InChI=1S/C26H15Cl2F4N3O/c1-25(2)23-22(34-24(35-23)21-17(27)11-33-12-18(21)28)15-9-7-13(10-20(15)36-25)6-8-14-16(26(30,31)32)4-3-5-19(14)29/h3-5,7,9-12H,1-2H3,(H,34,35). The molecule has 4 aromatic rings. The fourth-order valence-electron chi connectivity index (χ4n) is 3.99. The lowest BCUT2D eigenvalue weighted by Gasteiger charge is -2.31. The maximum absolute atomic E-state index is 14.2. The average molecular weight is 532 g/mol. The molecule has 0 spiro atoms. The van der Waals surface area contributed by atoms with Crippen LogP contribution in [-0.2, 0) is 11.8 Å². The first-order valence-corrected chi connectivity index (χ1v) is 11.3. The third-order valence-corrected chi connectivity index (χ3v) is 6.22. The summed E-state index contributed by atoms with van der Waals surface area (Å²) in [5.41, 5.74) is 0.0818. The van der Waals surface area contributed by atoms with Gasteiger partial charge in [0.2, 0.25) is 0 Å². The molecule has 0 atom stereocenters. The van der Waals surface area contributed by atoms with E-state index in [4.69, 9.17) is 32.9 Å². The van der Waals surface area contributed by atoms with Crippen molar-refractivity contribution in [3.05, 3.63) is 87.0 Å². The minimum atomic E-state index is -4.73.